The highest BCUT2D eigenvalue weighted by molar-refractivity contribution is 6.19. The lowest BCUT2D eigenvalue weighted by molar-refractivity contribution is -0.128. The molecule has 4 rings (SSSR count). The van der Waals surface area contributed by atoms with Crippen molar-refractivity contribution in [1.29, 1.82) is 0 Å². The molecular formula is C22H31N3O. The molecule has 1 aromatic rings. The van der Waals surface area contributed by atoms with Gasteiger partial charge in [0, 0.05) is 6.04 Å². The molecule has 1 N–H and O–H groups in total. The number of amides is 1. The molecule has 0 aromatic heterocycles. The topological polar surface area (TPSA) is 44.7 Å². The Kier molecular flexibility index (Phi) is 5.12. The van der Waals surface area contributed by atoms with Gasteiger partial charge in [-0.05, 0) is 63.1 Å². The third-order valence-corrected chi connectivity index (χ3v) is 6.89. The van der Waals surface area contributed by atoms with E-state index in [9.17, 15) is 4.79 Å². The second-order valence-corrected chi connectivity index (χ2v) is 8.35. The van der Waals surface area contributed by atoms with E-state index in [2.05, 4.69) is 34.5 Å². The molecular weight excluding hydrogens is 322 g/mol. The van der Waals surface area contributed by atoms with E-state index in [0.29, 0.717) is 0 Å². The molecule has 0 unspecified atom stereocenters. The van der Waals surface area contributed by atoms with Gasteiger partial charge in [0.2, 0.25) is 0 Å². The standard InChI is InChI=1S/C22H31N3O/c1-2-6-17-9-11-19(12-10-17)25-15-13-22(14-16-25)20(23-24-21(22)26)18-7-4-3-5-8-18/h3-5,7-8,17,19H,2,6,9-16H2,1H3,(H,24,26). The Hall–Kier alpha value is -1.68. The number of benzene rings is 1. The van der Waals surface area contributed by atoms with E-state index in [-0.39, 0.29) is 5.91 Å². The highest BCUT2D eigenvalue weighted by Gasteiger charge is 2.50. The van der Waals surface area contributed by atoms with Gasteiger partial charge in [-0.15, -0.1) is 0 Å². The van der Waals surface area contributed by atoms with Gasteiger partial charge in [0.05, 0.1) is 11.1 Å². The highest BCUT2D eigenvalue weighted by atomic mass is 16.2. The van der Waals surface area contributed by atoms with Crippen LogP contribution < -0.4 is 5.43 Å². The maximum atomic E-state index is 12.7. The van der Waals surface area contributed by atoms with Gasteiger partial charge < -0.3 is 4.90 Å². The number of rotatable bonds is 4. The zero-order valence-electron chi connectivity index (χ0n) is 15.9. The lowest BCUT2D eigenvalue weighted by atomic mass is 9.71. The summed E-state index contributed by atoms with van der Waals surface area (Å²) in [5, 5.41) is 4.43. The maximum Gasteiger partial charge on any atom is 0.252 e. The van der Waals surface area contributed by atoms with E-state index >= 15 is 0 Å². The third-order valence-electron chi connectivity index (χ3n) is 6.89. The van der Waals surface area contributed by atoms with Crippen molar-refractivity contribution in [2.75, 3.05) is 13.1 Å². The van der Waals surface area contributed by atoms with Gasteiger partial charge in [0.1, 0.15) is 0 Å². The molecule has 2 fully saturated rings. The zero-order chi connectivity index (χ0) is 18.0. The second kappa shape index (κ2) is 7.51. The monoisotopic (exact) mass is 353 g/mol. The lowest BCUT2D eigenvalue weighted by Crippen LogP contribution is -2.51. The van der Waals surface area contributed by atoms with Gasteiger partial charge >= 0.3 is 0 Å². The van der Waals surface area contributed by atoms with Crippen LogP contribution in [0, 0.1) is 11.3 Å². The molecule has 26 heavy (non-hydrogen) atoms. The van der Waals surface area contributed by atoms with Crippen LogP contribution >= 0.6 is 0 Å². The van der Waals surface area contributed by atoms with E-state index in [4.69, 9.17) is 0 Å². The fourth-order valence-corrected chi connectivity index (χ4v) is 5.31. The molecule has 2 aliphatic heterocycles. The second-order valence-electron chi connectivity index (χ2n) is 8.35. The van der Waals surface area contributed by atoms with Crippen molar-refractivity contribution < 1.29 is 4.79 Å². The Bertz CT molecular complexity index is 653. The summed E-state index contributed by atoms with van der Waals surface area (Å²) in [6.07, 6.45) is 9.94. The summed E-state index contributed by atoms with van der Waals surface area (Å²) in [5.41, 5.74) is 4.39. The Morgan fingerprint density at radius 3 is 2.46 bits per heavy atom. The van der Waals surface area contributed by atoms with Crippen molar-refractivity contribution in [2.45, 2.75) is 64.3 Å². The number of carbonyl (C=O) groups is 1. The minimum atomic E-state index is -0.419. The number of nitrogens with zero attached hydrogens (tertiary/aromatic N) is 2. The van der Waals surface area contributed by atoms with Gasteiger partial charge in [-0.3, -0.25) is 4.79 Å². The molecule has 1 saturated carbocycles. The molecule has 3 aliphatic rings. The average molecular weight is 354 g/mol. The van der Waals surface area contributed by atoms with Gasteiger partial charge in [0.15, 0.2) is 0 Å². The summed E-state index contributed by atoms with van der Waals surface area (Å²) < 4.78 is 0. The summed E-state index contributed by atoms with van der Waals surface area (Å²) in [5.74, 6) is 1.05. The summed E-state index contributed by atoms with van der Waals surface area (Å²) in [6.45, 7) is 4.33. The summed E-state index contributed by atoms with van der Waals surface area (Å²) in [7, 11) is 0. The minimum absolute atomic E-state index is 0.0997. The molecule has 1 amide bonds. The van der Waals surface area contributed by atoms with Gasteiger partial charge in [-0.2, -0.15) is 5.10 Å². The van der Waals surface area contributed by atoms with Crippen LogP contribution in [-0.2, 0) is 4.79 Å². The molecule has 2 heterocycles. The number of piperidine rings is 1. The van der Waals surface area contributed by atoms with Crippen molar-refractivity contribution >= 4 is 11.6 Å². The van der Waals surface area contributed by atoms with E-state index in [1.165, 1.54) is 38.5 Å². The van der Waals surface area contributed by atoms with Crippen LogP contribution in [0.2, 0.25) is 0 Å². The largest absolute Gasteiger partial charge is 0.300 e. The maximum absolute atomic E-state index is 12.7. The smallest absolute Gasteiger partial charge is 0.252 e. The Labute approximate surface area is 157 Å². The number of carbonyl (C=O) groups excluding carboxylic acids is 1. The van der Waals surface area contributed by atoms with Gasteiger partial charge in [-0.25, -0.2) is 5.43 Å². The molecule has 0 radical (unpaired) electrons. The summed E-state index contributed by atoms with van der Waals surface area (Å²) >= 11 is 0. The number of hydrogen-bond acceptors (Lipinski definition) is 3. The predicted octanol–water partition coefficient (Wildman–Crippen LogP) is 3.96. The van der Waals surface area contributed by atoms with Crippen LogP contribution in [0.5, 0.6) is 0 Å². The Morgan fingerprint density at radius 2 is 1.81 bits per heavy atom. The van der Waals surface area contributed by atoms with Crippen LogP contribution in [0.3, 0.4) is 0 Å². The predicted molar refractivity (Wildman–Crippen MR) is 105 cm³/mol. The van der Waals surface area contributed by atoms with Gasteiger partial charge in [0.25, 0.3) is 5.91 Å². The van der Waals surface area contributed by atoms with Crippen LogP contribution in [0.15, 0.2) is 35.4 Å². The third kappa shape index (κ3) is 3.20. The quantitative estimate of drug-likeness (QED) is 0.890. The summed E-state index contributed by atoms with van der Waals surface area (Å²) in [4.78, 5) is 15.3. The van der Waals surface area contributed by atoms with Crippen molar-refractivity contribution in [3.05, 3.63) is 35.9 Å². The zero-order valence-corrected chi connectivity index (χ0v) is 15.9. The average Bonchev–Trinajstić information content (AvgIpc) is 3.00. The van der Waals surface area contributed by atoms with Crippen molar-refractivity contribution in [1.82, 2.24) is 10.3 Å². The molecule has 4 heteroatoms. The SMILES string of the molecule is CCCC1CCC(N2CCC3(CC2)C(=O)NN=C3c2ccccc2)CC1. The lowest BCUT2D eigenvalue weighted by Gasteiger charge is -2.43. The molecule has 140 valence electrons. The molecule has 1 aliphatic carbocycles. The first-order valence-electron chi connectivity index (χ1n) is 10.4. The highest BCUT2D eigenvalue weighted by Crippen LogP contribution is 2.40. The van der Waals surface area contributed by atoms with Crippen molar-refractivity contribution in [3.63, 3.8) is 0 Å². The molecule has 1 saturated heterocycles. The van der Waals surface area contributed by atoms with Crippen LogP contribution in [0.1, 0.15) is 63.9 Å². The van der Waals surface area contributed by atoms with Crippen molar-refractivity contribution in [2.24, 2.45) is 16.4 Å². The number of likely N-dealkylation sites (tertiary alicyclic amines) is 1. The van der Waals surface area contributed by atoms with Crippen LogP contribution in [0.25, 0.3) is 0 Å². The molecule has 0 bridgehead atoms. The van der Waals surface area contributed by atoms with Gasteiger partial charge in [-0.1, -0.05) is 50.1 Å². The normalized spacial score (nSPS) is 28.8. The first kappa shape index (κ1) is 17.7. The first-order valence-corrected chi connectivity index (χ1v) is 10.4. The first-order chi connectivity index (χ1) is 12.7. The molecule has 1 aromatic carbocycles. The number of hydrogen-bond donors (Lipinski definition) is 1. The van der Waals surface area contributed by atoms with Crippen molar-refractivity contribution in [3.8, 4) is 0 Å². The van der Waals surface area contributed by atoms with E-state index < -0.39 is 5.41 Å². The summed E-state index contributed by atoms with van der Waals surface area (Å²) in [6, 6.07) is 10.9. The Morgan fingerprint density at radius 1 is 1.12 bits per heavy atom. The number of hydrazone groups is 1. The van der Waals surface area contributed by atoms with E-state index in [1.807, 2.05) is 18.2 Å². The molecule has 1 spiro atoms. The van der Waals surface area contributed by atoms with E-state index in [1.54, 1.807) is 0 Å². The fourth-order valence-electron chi connectivity index (χ4n) is 5.31. The number of nitrogens with one attached hydrogen (secondary N) is 1. The molecule has 4 nitrogen and oxygen atoms in total. The van der Waals surface area contributed by atoms with Crippen LogP contribution in [0.4, 0.5) is 0 Å². The Balaban J connectivity index is 1.41. The van der Waals surface area contributed by atoms with Crippen LogP contribution in [-0.4, -0.2) is 35.7 Å². The van der Waals surface area contributed by atoms with E-state index in [0.717, 1.165) is 49.2 Å². The fraction of sp³-hybridized carbons (Fsp3) is 0.636. The minimum Gasteiger partial charge on any atom is -0.300 e. The molecule has 0 atom stereocenters.